The predicted molar refractivity (Wildman–Crippen MR) is 83.2 cm³/mol. The lowest BCUT2D eigenvalue weighted by Crippen LogP contribution is -2.18. The van der Waals surface area contributed by atoms with E-state index in [4.69, 9.17) is 5.73 Å². The molecular formula is C16H16FN3O2. The average Bonchev–Trinajstić information content (AvgIpc) is 2.49. The van der Waals surface area contributed by atoms with Gasteiger partial charge in [0.15, 0.2) is 5.82 Å². The van der Waals surface area contributed by atoms with Crippen LogP contribution < -0.4 is 11.1 Å². The molecule has 0 amide bonds. The van der Waals surface area contributed by atoms with Gasteiger partial charge >= 0.3 is 0 Å². The molecule has 0 saturated carbocycles. The molecule has 0 aliphatic heterocycles. The van der Waals surface area contributed by atoms with Crippen LogP contribution in [0, 0.1) is 15.9 Å². The first kappa shape index (κ1) is 14.3. The van der Waals surface area contributed by atoms with E-state index in [1.165, 1.54) is 17.7 Å². The molecule has 1 aliphatic carbocycles. The Balaban J connectivity index is 1.87. The summed E-state index contributed by atoms with van der Waals surface area (Å²) in [4.78, 5) is 10.1. The van der Waals surface area contributed by atoms with Gasteiger partial charge in [-0.3, -0.25) is 10.1 Å². The van der Waals surface area contributed by atoms with Gasteiger partial charge in [0.1, 0.15) is 0 Å². The summed E-state index contributed by atoms with van der Waals surface area (Å²) in [6.07, 6.45) is 2.83. The fraction of sp³-hybridized carbons (Fsp3) is 0.250. The van der Waals surface area contributed by atoms with Gasteiger partial charge in [-0.05, 0) is 48.6 Å². The van der Waals surface area contributed by atoms with Crippen molar-refractivity contribution in [1.82, 2.24) is 0 Å². The van der Waals surface area contributed by atoms with Crippen LogP contribution in [-0.4, -0.2) is 4.92 Å². The lowest BCUT2D eigenvalue weighted by molar-refractivity contribution is -0.385. The molecule has 2 aromatic carbocycles. The van der Waals surface area contributed by atoms with Crippen LogP contribution in [0.25, 0.3) is 0 Å². The second-order valence-electron chi connectivity index (χ2n) is 5.47. The molecule has 5 nitrogen and oxygen atoms in total. The van der Waals surface area contributed by atoms with Crippen LogP contribution in [-0.2, 0) is 6.42 Å². The normalized spacial score (nSPS) is 16.9. The van der Waals surface area contributed by atoms with Crippen molar-refractivity contribution in [1.29, 1.82) is 0 Å². The summed E-state index contributed by atoms with van der Waals surface area (Å²) in [6.45, 7) is 0. The van der Waals surface area contributed by atoms with Gasteiger partial charge in [0, 0.05) is 11.8 Å². The maximum Gasteiger partial charge on any atom is 0.272 e. The molecule has 114 valence electrons. The van der Waals surface area contributed by atoms with E-state index < -0.39 is 10.7 Å². The molecule has 6 heteroatoms. The van der Waals surface area contributed by atoms with E-state index in [0.29, 0.717) is 0 Å². The van der Waals surface area contributed by atoms with Crippen LogP contribution in [0.15, 0.2) is 36.4 Å². The Bertz CT molecular complexity index is 733. The highest BCUT2D eigenvalue weighted by Crippen LogP contribution is 2.34. The van der Waals surface area contributed by atoms with E-state index in [2.05, 4.69) is 5.32 Å². The van der Waals surface area contributed by atoms with E-state index in [1.807, 2.05) is 18.2 Å². The summed E-state index contributed by atoms with van der Waals surface area (Å²) in [5.74, 6) is -0.614. The second kappa shape index (κ2) is 5.63. The van der Waals surface area contributed by atoms with Gasteiger partial charge in [-0.25, -0.2) is 4.39 Å². The zero-order valence-corrected chi connectivity index (χ0v) is 11.9. The van der Waals surface area contributed by atoms with Crippen LogP contribution in [0.4, 0.5) is 21.5 Å². The Kier molecular flexibility index (Phi) is 3.66. The minimum absolute atomic E-state index is 0.0136. The molecule has 3 N–H and O–H groups in total. The second-order valence-corrected chi connectivity index (χ2v) is 5.47. The van der Waals surface area contributed by atoms with E-state index >= 15 is 0 Å². The monoisotopic (exact) mass is 301 g/mol. The van der Waals surface area contributed by atoms with Gasteiger partial charge in [-0.2, -0.15) is 0 Å². The Morgan fingerprint density at radius 1 is 1.27 bits per heavy atom. The van der Waals surface area contributed by atoms with Crippen molar-refractivity contribution < 1.29 is 9.31 Å². The molecular weight excluding hydrogens is 285 g/mol. The number of halogens is 1. The third-order valence-corrected chi connectivity index (χ3v) is 3.97. The summed E-state index contributed by atoms with van der Waals surface area (Å²) in [5.41, 5.74) is 8.84. The molecule has 0 heterocycles. The lowest BCUT2D eigenvalue weighted by Gasteiger charge is -2.27. The quantitative estimate of drug-likeness (QED) is 0.513. The van der Waals surface area contributed by atoms with Crippen molar-refractivity contribution in [2.24, 2.45) is 0 Å². The van der Waals surface area contributed by atoms with Crippen molar-refractivity contribution in [3.63, 3.8) is 0 Å². The van der Waals surface area contributed by atoms with Gasteiger partial charge in [-0.1, -0.05) is 6.07 Å². The zero-order chi connectivity index (χ0) is 15.7. The number of non-ortho nitro benzene ring substituents is 1. The molecule has 2 aromatic rings. The van der Waals surface area contributed by atoms with Crippen LogP contribution in [0.3, 0.4) is 0 Å². The SMILES string of the molecule is Nc1ccc2c(c1)CCCC2Nc1ccc([N+](=O)[O-])cc1F. The number of hydrogen-bond donors (Lipinski definition) is 2. The first-order chi connectivity index (χ1) is 10.5. The molecule has 1 aliphatic rings. The first-order valence-electron chi connectivity index (χ1n) is 7.13. The average molecular weight is 301 g/mol. The number of fused-ring (bicyclic) bond motifs is 1. The number of nitrogen functional groups attached to an aromatic ring is 1. The van der Waals surface area contributed by atoms with Crippen molar-refractivity contribution in [3.8, 4) is 0 Å². The van der Waals surface area contributed by atoms with Crippen molar-refractivity contribution in [2.45, 2.75) is 25.3 Å². The van der Waals surface area contributed by atoms with E-state index in [-0.39, 0.29) is 17.4 Å². The van der Waals surface area contributed by atoms with E-state index in [9.17, 15) is 14.5 Å². The summed E-state index contributed by atoms with van der Waals surface area (Å²) in [7, 11) is 0. The van der Waals surface area contributed by atoms with E-state index in [1.54, 1.807) is 0 Å². The number of nitro benzene ring substituents is 1. The summed E-state index contributed by atoms with van der Waals surface area (Å²) in [6, 6.07) is 9.40. The molecule has 0 spiro atoms. The topological polar surface area (TPSA) is 81.2 Å². The fourth-order valence-electron chi connectivity index (χ4n) is 2.91. The molecule has 0 bridgehead atoms. The highest BCUT2D eigenvalue weighted by Gasteiger charge is 2.21. The Morgan fingerprint density at radius 2 is 2.09 bits per heavy atom. The third kappa shape index (κ3) is 2.72. The van der Waals surface area contributed by atoms with Crippen LogP contribution in [0.2, 0.25) is 0 Å². The molecule has 0 radical (unpaired) electrons. The number of nitrogens with two attached hydrogens (primary N) is 1. The molecule has 0 fully saturated rings. The predicted octanol–water partition coefficient (Wildman–Crippen LogP) is 3.81. The minimum atomic E-state index is -0.614. The standard InChI is InChI=1S/C16H16FN3O2/c17-14-9-12(20(21)22)5-7-16(14)19-15-3-1-2-10-8-11(18)4-6-13(10)15/h4-9,15,19H,1-3,18H2. The molecule has 3 rings (SSSR count). The van der Waals surface area contributed by atoms with Gasteiger partial charge in [0.2, 0.25) is 0 Å². The smallest absolute Gasteiger partial charge is 0.272 e. The van der Waals surface area contributed by atoms with Crippen molar-refractivity contribution >= 4 is 17.1 Å². The largest absolute Gasteiger partial charge is 0.399 e. The van der Waals surface area contributed by atoms with Gasteiger partial charge in [0.05, 0.1) is 22.7 Å². The number of anilines is 2. The number of nitro groups is 1. The van der Waals surface area contributed by atoms with Gasteiger partial charge in [0.25, 0.3) is 5.69 Å². The number of hydrogen-bond acceptors (Lipinski definition) is 4. The maximum atomic E-state index is 14.0. The Hall–Kier alpha value is -2.63. The molecule has 22 heavy (non-hydrogen) atoms. The van der Waals surface area contributed by atoms with Gasteiger partial charge in [-0.15, -0.1) is 0 Å². The summed E-state index contributed by atoms with van der Waals surface area (Å²) >= 11 is 0. The Morgan fingerprint density at radius 3 is 2.82 bits per heavy atom. The molecule has 0 saturated heterocycles. The van der Waals surface area contributed by atoms with Gasteiger partial charge < -0.3 is 11.1 Å². The fourth-order valence-corrected chi connectivity index (χ4v) is 2.91. The Labute approximate surface area is 127 Å². The first-order valence-corrected chi connectivity index (χ1v) is 7.13. The number of aryl methyl sites for hydroxylation is 1. The number of benzene rings is 2. The maximum absolute atomic E-state index is 14.0. The van der Waals surface area contributed by atoms with Crippen LogP contribution in [0.5, 0.6) is 0 Å². The van der Waals surface area contributed by atoms with Crippen LogP contribution >= 0.6 is 0 Å². The third-order valence-electron chi connectivity index (χ3n) is 3.97. The highest BCUT2D eigenvalue weighted by molar-refractivity contribution is 5.54. The van der Waals surface area contributed by atoms with Crippen molar-refractivity contribution in [2.75, 3.05) is 11.1 Å². The number of rotatable bonds is 3. The molecule has 1 unspecified atom stereocenters. The molecule has 1 atom stereocenters. The van der Waals surface area contributed by atoms with Crippen molar-refractivity contribution in [3.05, 3.63) is 63.5 Å². The zero-order valence-electron chi connectivity index (χ0n) is 11.9. The highest BCUT2D eigenvalue weighted by atomic mass is 19.1. The van der Waals surface area contributed by atoms with E-state index in [0.717, 1.165) is 36.6 Å². The summed E-state index contributed by atoms with van der Waals surface area (Å²) in [5, 5.41) is 13.8. The summed E-state index contributed by atoms with van der Waals surface area (Å²) < 4.78 is 14.0. The lowest BCUT2D eigenvalue weighted by atomic mass is 9.87. The molecule has 0 aromatic heterocycles. The number of nitrogens with zero attached hydrogens (tertiary/aromatic N) is 1. The minimum Gasteiger partial charge on any atom is -0.399 e. The van der Waals surface area contributed by atoms with Crippen LogP contribution in [0.1, 0.15) is 30.0 Å². The number of nitrogens with one attached hydrogen (secondary N) is 1.